The molecule has 0 bridgehead atoms. The maximum Gasteiger partial charge on any atom is 0.235 e. The van der Waals surface area contributed by atoms with Gasteiger partial charge in [0, 0.05) is 5.41 Å². The summed E-state index contributed by atoms with van der Waals surface area (Å²) in [5, 5.41) is 0. The Balaban J connectivity index is 1.69. The number of nitrogens with zero attached hydrogens (tertiary/aromatic N) is 1. The van der Waals surface area contributed by atoms with E-state index in [1.807, 2.05) is 18.2 Å². The molecular formula is C17H19NO3. The highest BCUT2D eigenvalue weighted by Gasteiger charge is 2.46. The molecular weight excluding hydrogens is 266 g/mol. The lowest BCUT2D eigenvalue weighted by atomic mass is 9.89. The first kappa shape index (κ1) is 12.9. The molecule has 0 atom stereocenters. The van der Waals surface area contributed by atoms with Gasteiger partial charge < -0.3 is 9.47 Å². The van der Waals surface area contributed by atoms with Crippen LogP contribution in [0, 0.1) is 5.41 Å². The summed E-state index contributed by atoms with van der Waals surface area (Å²) >= 11 is 0. The molecule has 0 N–H and O–H groups in total. The van der Waals surface area contributed by atoms with Gasteiger partial charge in [0.05, 0.1) is 18.8 Å². The molecule has 4 rings (SSSR count). The topological polar surface area (TPSA) is 47.9 Å². The fourth-order valence-corrected chi connectivity index (χ4v) is 3.51. The van der Waals surface area contributed by atoms with Crippen molar-refractivity contribution in [3.8, 4) is 11.5 Å². The minimum atomic E-state index is -0.399. The van der Waals surface area contributed by atoms with Crippen molar-refractivity contribution in [3.63, 3.8) is 0 Å². The van der Waals surface area contributed by atoms with Crippen LogP contribution in [-0.4, -0.2) is 19.3 Å². The maximum absolute atomic E-state index is 10.8. The number of carbonyl (C=O) groups excluding carboxylic acids is 1. The van der Waals surface area contributed by atoms with Gasteiger partial charge in [0.1, 0.15) is 0 Å². The average Bonchev–Trinajstić information content (AvgIpc) is 3.18. The zero-order valence-corrected chi connectivity index (χ0v) is 12.1. The summed E-state index contributed by atoms with van der Waals surface area (Å²) < 4.78 is 11.9. The van der Waals surface area contributed by atoms with E-state index < -0.39 is 5.54 Å². The molecule has 0 aromatic heterocycles. The Kier molecular flexibility index (Phi) is 2.83. The van der Waals surface area contributed by atoms with Crippen molar-refractivity contribution < 1.29 is 14.3 Å². The quantitative estimate of drug-likeness (QED) is 0.618. The van der Waals surface area contributed by atoms with E-state index in [9.17, 15) is 4.79 Å². The van der Waals surface area contributed by atoms with Crippen molar-refractivity contribution in [1.29, 1.82) is 0 Å². The molecule has 2 aliphatic carbocycles. The first-order valence-electron chi connectivity index (χ1n) is 7.75. The molecule has 0 saturated heterocycles. The molecule has 4 nitrogen and oxygen atoms in total. The van der Waals surface area contributed by atoms with E-state index in [-0.39, 0.29) is 5.41 Å². The lowest BCUT2D eigenvalue weighted by Gasteiger charge is -2.23. The number of fused-ring (bicyclic) bond motifs is 1. The van der Waals surface area contributed by atoms with Crippen molar-refractivity contribution in [2.45, 2.75) is 44.1 Å². The van der Waals surface area contributed by atoms with E-state index >= 15 is 0 Å². The van der Waals surface area contributed by atoms with Crippen LogP contribution in [-0.2, 0) is 10.3 Å². The zero-order valence-electron chi connectivity index (χ0n) is 12.1. The molecule has 0 amide bonds. The maximum atomic E-state index is 10.8. The van der Waals surface area contributed by atoms with Crippen LogP contribution in [0.4, 0.5) is 0 Å². The van der Waals surface area contributed by atoms with Crippen LogP contribution in [0.3, 0.4) is 0 Å². The van der Waals surface area contributed by atoms with Gasteiger partial charge in [0.2, 0.25) is 6.08 Å². The molecule has 0 unspecified atom stereocenters. The summed E-state index contributed by atoms with van der Waals surface area (Å²) in [6.45, 7) is 1.48. The van der Waals surface area contributed by atoms with Crippen LogP contribution in [0.1, 0.15) is 44.1 Å². The number of benzene rings is 1. The van der Waals surface area contributed by atoms with Gasteiger partial charge in [-0.15, -0.1) is 0 Å². The highest BCUT2D eigenvalue weighted by Crippen LogP contribution is 2.50. The van der Waals surface area contributed by atoms with Gasteiger partial charge in [0.15, 0.2) is 11.5 Å². The standard InChI is InChI=1S/C17H19NO3/c19-12-18-17(5-1-2-6-17)13-3-4-14-15(9-13)21-11-16(7-8-16)10-20-14/h3-4,9H,1-2,5-8,10-11H2. The van der Waals surface area contributed by atoms with Crippen molar-refractivity contribution >= 4 is 6.08 Å². The van der Waals surface area contributed by atoms with Gasteiger partial charge in [-0.3, -0.25) is 0 Å². The first-order chi connectivity index (χ1) is 10.3. The fourth-order valence-electron chi connectivity index (χ4n) is 3.51. The van der Waals surface area contributed by atoms with Gasteiger partial charge in [-0.1, -0.05) is 18.9 Å². The molecule has 21 heavy (non-hydrogen) atoms. The minimum absolute atomic E-state index is 0.241. The van der Waals surface area contributed by atoms with Crippen molar-refractivity contribution in [2.24, 2.45) is 10.4 Å². The number of rotatable bonds is 2. The van der Waals surface area contributed by atoms with Gasteiger partial charge in [-0.25, -0.2) is 4.79 Å². The van der Waals surface area contributed by atoms with Gasteiger partial charge in [0.25, 0.3) is 0 Å². The number of aliphatic imine (C=N–C) groups is 1. The number of hydrogen-bond acceptors (Lipinski definition) is 4. The van der Waals surface area contributed by atoms with Gasteiger partial charge >= 0.3 is 0 Å². The normalized spacial score (nSPS) is 24.2. The Labute approximate surface area is 124 Å². The zero-order chi connectivity index (χ0) is 14.3. The molecule has 3 aliphatic rings. The van der Waals surface area contributed by atoms with Crippen LogP contribution in [0.25, 0.3) is 0 Å². The van der Waals surface area contributed by atoms with Gasteiger partial charge in [-0.2, -0.15) is 4.99 Å². The molecule has 2 saturated carbocycles. The number of hydrogen-bond donors (Lipinski definition) is 0. The Hall–Kier alpha value is -1.80. The first-order valence-corrected chi connectivity index (χ1v) is 7.75. The Morgan fingerprint density at radius 2 is 1.71 bits per heavy atom. The number of ether oxygens (including phenoxy) is 2. The smallest absolute Gasteiger partial charge is 0.235 e. The molecule has 1 spiro atoms. The van der Waals surface area contributed by atoms with Crippen LogP contribution >= 0.6 is 0 Å². The van der Waals surface area contributed by atoms with E-state index in [2.05, 4.69) is 4.99 Å². The highest BCUT2D eigenvalue weighted by molar-refractivity contribution is 5.47. The van der Waals surface area contributed by atoms with E-state index in [1.165, 1.54) is 12.8 Å². The number of isocyanates is 1. The predicted octanol–water partition coefficient (Wildman–Crippen LogP) is 3.34. The summed E-state index contributed by atoms with van der Waals surface area (Å²) in [4.78, 5) is 15.0. The SMILES string of the molecule is O=C=NC1(c2ccc3c(c2)OCC2(CC2)CO3)CCCC1. The van der Waals surface area contributed by atoms with Crippen molar-refractivity contribution in [1.82, 2.24) is 0 Å². The summed E-state index contributed by atoms with van der Waals surface area (Å²) in [5.41, 5.74) is 0.895. The van der Waals surface area contributed by atoms with E-state index in [0.29, 0.717) is 0 Å². The van der Waals surface area contributed by atoms with Crippen LogP contribution in [0.5, 0.6) is 11.5 Å². The second-order valence-corrected chi connectivity index (χ2v) is 6.68. The van der Waals surface area contributed by atoms with Crippen LogP contribution in [0.15, 0.2) is 23.2 Å². The second-order valence-electron chi connectivity index (χ2n) is 6.68. The third kappa shape index (κ3) is 2.14. The summed E-state index contributed by atoms with van der Waals surface area (Å²) in [7, 11) is 0. The van der Waals surface area contributed by atoms with E-state index in [1.54, 1.807) is 6.08 Å². The Bertz CT molecular complexity index is 608. The molecule has 1 aromatic carbocycles. The molecule has 2 fully saturated rings. The molecule has 0 radical (unpaired) electrons. The largest absolute Gasteiger partial charge is 0.489 e. The fraction of sp³-hybridized carbons (Fsp3) is 0.588. The summed E-state index contributed by atoms with van der Waals surface area (Å²) in [6, 6.07) is 6.01. The second kappa shape index (κ2) is 4.60. The molecule has 110 valence electrons. The van der Waals surface area contributed by atoms with Crippen LogP contribution in [0.2, 0.25) is 0 Å². The highest BCUT2D eigenvalue weighted by atomic mass is 16.5. The van der Waals surface area contributed by atoms with Gasteiger partial charge in [-0.05, 0) is 43.4 Å². The minimum Gasteiger partial charge on any atom is -0.489 e. The Morgan fingerprint density at radius 1 is 1.00 bits per heavy atom. The molecule has 1 aliphatic heterocycles. The van der Waals surface area contributed by atoms with E-state index in [0.717, 1.165) is 56.0 Å². The lowest BCUT2D eigenvalue weighted by Crippen LogP contribution is -2.19. The molecule has 1 heterocycles. The predicted molar refractivity (Wildman–Crippen MR) is 77.4 cm³/mol. The van der Waals surface area contributed by atoms with Crippen LogP contribution < -0.4 is 9.47 Å². The third-order valence-electron chi connectivity index (χ3n) is 5.20. The summed E-state index contributed by atoms with van der Waals surface area (Å²) in [6.07, 6.45) is 8.16. The van der Waals surface area contributed by atoms with E-state index in [4.69, 9.17) is 9.47 Å². The molecule has 4 heteroatoms. The van der Waals surface area contributed by atoms with Crippen molar-refractivity contribution in [2.75, 3.05) is 13.2 Å². The summed E-state index contributed by atoms with van der Waals surface area (Å²) in [5.74, 6) is 1.61. The molecule has 1 aromatic rings. The third-order valence-corrected chi connectivity index (χ3v) is 5.20. The average molecular weight is 285 g/mol. The van der Waals surface area contributed by atoms with Crippen molar-refractivity contribution in [3.05, 3.63) is 23.8 Å². The Morgan fingerprint density at radius 3 is 2.38 bits per heavy atom. The lowest BCUT2D eigenvalue weighted by molar-refractivity contribution is 0.197. The monoisotopic (exact) mass is 285 g/mol.